The third-order valence-electron chi connectivity index (χ3n) is 4.40. The second-order valence-corrected chi connectivity index (χ2v) is 5.87. The lowest BCUT2D eigenvalue weighted by atomic mass is 9.94. The van der Waals surface area contributed by atoms with Crippen LogP contribution in [0.1, 0.15) is 37.4 Å². The molecule has 0 unspecified atom stereocenters. The summed E-state index contributed by atoms with van der Waals surface area (Å²) in [4.78, 5) is 24.1. The van der Waals surface area contributed by atoms with Crippen LogP contribution in [0.4, 0.5) is 0 Å². The van der Waals surface area contributed by atoms with E-state index in [-0.39, 0.29) is 11.3 Å². The lowest BCUT2D eigenvalue weighted by Crippen LogP contribution is -2.00. The molecule has 1 aliphatic carbocycles. The molecule has 1 aliphatic rings. The summed E-state index contributed by atoms with van der Waals surface area (Å²) in [6.45, 7) is 0. The number of Topliss-reactive ketones (excluding diaryl/α,β-unsaturated/α-hetero) is 1. The largest absolute Gasteiger partial charge is 0.478 e. The van der Waals surface area contributed by atoms with Crippen LogP contribution in [0.25, 0.3) is 11.1 Å². The molecule has 25 heavy (non-hydrogen) atoms. The molecule has 0 spiro atoms. The minimum atomic E-state index is -0.982. The molecule has 4 rings (SSSR count). The van der Waals surface area contributed by atoms with Gasteiger partial charge >= 0.3 is 5.97 Å². The lowest BCUT2D eigenvalue weighted by Gasteiger charge is -2.09. The van der Waals surface area contributed by atoms with Gasteiger partial charge in [0.25, 0.3) is 0 Å². The molecule has 3 aromatic rings. The Labute approximate surface area is 144 Å². The van der Waals surface area contributed by atoms with E-state index in [2.05, 4.69) is 0 Å². The molecule has 0 aromatic heterocycles. The first kappa shape index (κ1) is 15.1. The van der Waals surface area contributed by atoms with Crippen LogP contribution in [0.2, 0.25) is 0 Å². The number of fused-ring (bicyclic) bond motifs is 1. The van der Waals surface area contributed by atoms with Crippen molar-refractivity contribution < 1.29 is 14.7 Å². The van der Waals surface area contributed by atoms with E-state index in [1.54, 1.807) is 12.1 Å². The molecule has 3 aromatic carbocycles. The van der Waals surface area contributed by atoms with Gasteiger partial charge in [-0.3, -0.25) is 4.79 Å². The molecule has 120 valence electrons. The fourth-order valence-corrected chi connectivity index (χ4v) is 3.24. The van der Waals surface area contributed by atoms with E-state index in [9.17, 15) is 9.59 Å². The molecule has 0 atom stereocenters. The first-order valence-electron chi connectivity index (χ1n) is 7.94. The zero-order valence-corrected chi connectivity index (χ0v) is 13.3. The first-order valence-corrected chi connectivity index (χ1v) is 7.94. The fourth-order valence-electron chi connectivity index (χ4n) is 3.24. The van der Waals surface area contributed by atoms with Gasteiger partial charge in [-0.2, -0.15) is 0 Å². The summed E-state index contributed by atoms with van der Waals surface area (Å²) in [5.41, 5.74) is 5.00. The molecule has 0 heterocycles. The van der Waals surface area contributed by atoms with Crippen LogP contribution in [0, 0.1) is 0 Å². The van der Waals surface area contributed by atoms with Crippen LogP contribution in [0.5, 0.6) is 0 Å². The average molecular weight is 326 g/mol. The molecule has 0 radical (unpaired) electrons. The van der Waals surface area contributed by atoms with E-state index in [1.165, 1.54) is 12.1 Å². The van der Waals surface area contributed by atoms with Crippen molar-refractivity contribution in [1.29, 1.82) is 0 Å². The number of hydrogen-bond acceptors (Lipinski definition) is 2. The average Bonchev–Trinajstić information content (AvgIpc) is 2.95. The molecule has 3 nitrogen and oxygen atoms in total. The molecule has 0 bridgehead atoms. The van der Waals surface area contributed by atoms with E-state index in [1.807, 2.05) is 54.6 Å². The minimum absolute atomic E-state index is 0.0301. The van der Waals surface area contributed by atoms with E-state index in [0.717, 1.165) is 22.3 Å². The highest BCUT2D eigenvalue weighted by Crippen LogP contribution is 2.41. The minimum Gasteiger partial charge on any atom is -0.478 e. The van der Waals surface area contributed by atoms with Crippen LogP contribution in [-0.4, -0.2) is 16.9 Å². The van der Waals surface area contributed by atoms with E-state index in [0.29, 0.717) is 11.1 Å². The highest BCUT2D eigenvalue weighted by Gasteiger charge is 2.30. The third-order valence-corrected chi connectivity index (χ3v) is 4.40. The molecular weight excluding hydrogens is 312 g/mol. The lowest BCUT2D eigenvalue weighted by molar-refractivity contribution is 0.0696. The van der Waals surface area contributed by atoms with Crippen molar-refractivity contribution in [3.05, 3.63) is 107 Å². The van der Waals surface area contributed by atoms with Gasteiger partial charge in [0.05, 0.1) is 5.56 Å². The Morgan fingerprint density at radius 2 is 1.20 bits per heavy atom. The van der Waals surface area contributed by atoms with Gasteiger partial charge in [-0.25, -0.2) is 4.79 Å². The number of carboxylic acids is 1. The Balaban J connectivity index is 1.96. The second-order valence-electron chi connectivity index (χ2n) is 5.87. The number of allylic oxidation sites excluding steroid dienone is 1. The van der Waals surface area contributed by atoms with Gasteiger partial charge in [-0.15, -0.1) is 0 Å². The maximum atomic E-state index is 13.0. The van der Waals surface area contributed by atoms with Crippen molar-refractivity contribution in [3.63, 3.8) is 0 Å². The van der Waals surface area contributed by atoms with Gasteiger partial charge in [0.1, 0.15) is 0 Å². The van der Waals surface area contributed by atoms with Gasteiger partial charge in [-0.05, 0) is 28.8 Å². The molecule has 3 heteroatoms. The topological polar surface area (TPSA) is 54.4 Å². The SMILES string of the molecule is O=C(O)c1ccc(C2=C(c3ccccc3)c3ccccc3C2=O)cc1. The monoisotopic (exact) mass is 326 g/mol. The smallest absolute Gasteiger partial charge is 0.335 e. The van der Waals surface area contributed by atoms with Gasteiger partial charge in [0, 0.05) is 16.7 Å². The van der Waals surface area contributed by atoms with Crippen molar-refractivity contribution >= 4 is 22.9 Å². The molecule has 0 saturated carbocycles. The van der Waals surface area contributed by atoms with Gasteiger partial charge in [0.15, 0.2) is 5.78 Å². The van der Waals surface area contributed by atoms with Crippen LogP contribution in [0.3, 0.4) is 0 Å². The number of carbonyl (C=O) groups excluding carboxylic acids is 1. The number of carboxylic acid groups (broad SMARTS) is 1. The summed E-state index contributed by atoms with van der Waals surface area (Å²) in [6.07, 6.45) is 0. The number of ketones is 1. The summed E-state index contributed by atoms with van der Waals surface area (Å²) in [5, 5.41) is 9.09. The van der Waals surface area contributed by atoms with Crippen LogP contribution in [0.15, 0.2) is 78.9 Å². The van der Waals surface area contributed by atoms with Crippen LogP contribution >= 0.6 is 0 Å². The first-order chi connectivity index (χ1) is 12.2. The standard InChI is InChI=1S/C22H14O3/c23-21-18-9-5-4-8-17(18)19(14-6-2-1-3-7-14)20(21)15-10-12-16(13-11-15)22(24)25/h1-13H,(H,24,25). The molecule has 0 amide bonds. The number of aromatic carboxylic acids is 1. The Hall–Kier alpha value is -3.46. The van der Waals surface area contributed by atoms with E-state index < -0.39 is 5.97 Å². The Bertz CT molecular complexity index is 1010. The zero-order chi connectivity index (χ0) is 17.4. The summed E-state index contributed by atoms with van der Waals surface area (Å²) in [7, 11) is 0. The maximum Gasteiger partial charge on any atom is 0.335 e. The van der Waals surface area contributed by atoms with Crippen molar-refractivity contribution in [3.8, 4) is 0 Å². The Morgan fingerprint density at radius 3 is 1.84 bits per heavy atom. The third kappa shape index (κ3) is 2.46. The highest BCUT2D eigenvalue weighted by molar-refractivity contribution is 6.41. The molecule has 0 aliphatic heterocycles. The van der Waals surface area contributed by atoms with Gasteiger partial charge < -0.3 is 5.11 Å². The van der Waals surface area contributed by atoms with Gasteiger partial charge in [-0.1, -0.05) is 66.7 Å². The zero-order valence-electron chi connectivity index (χ0n) is 13.3. The van der Waals surface area contributed by atoms with E-state index in [4.69, 9.17) is 5.11 Å². The second kappa shape index (κ2) is 5.87. The fraction of sp³-hybridized carbons (Fsp3) is 0. The van der Waals surface area contributed by atoms with Gasteiger partial charge in [0.2, 0.25) is 0 Å². The highest BCUT2D eigenvalue weighted by atomic mass is 16.4. The Morgan fingerprint density at radius 1 is 0.640 bits per heavy atom. The predicted molar refractivity (Wildman–Crippen MR) is 96.5 cm³/mol. The quantitative estimate of drug-likeness (QED) is 0.769. The molecule has 1 N–H and O–H groups in total. The van der Waals surface area contributed by atoms with Crippen molar-refractivity contribution in [2.45, 2.75) is 0 Å². The summed E-state index contributed by atoms with van der Waals surface area (Å²) < 4.78 is 0. The number of rotatable bonds is 3. The van der Waals surface area contributed by atoms with Crippen molar-refractivity contribution in [1.82, 2.24) is 0 Å². The van der Waals surface area contributed by atoms with E-state index >= 15 is 0 Å². The van der Waals surface area contributed by atoms with Crippen LogP contribution in [-0.2, 0) is 0 Å². The van der Waals surface area contributed by atoms with Crippen LogP contribution < -0.4 is 0 Å². The number of benzene rings is 3. The predicted octanol–water partition coefficient (Wildman–Crippen LogP) is 4.54. The molecule has 0 saturated heterocycles. The maximum absolute atomic E-state index is 13.0. The normalized spacial score (nSPS) is 13.0. The summed E-state index contributed by atoms with van der Waals surface area (Å²) in [6, 6.07) is 23.8. The number of hydrogen-bond donors (Lipinski definition) is 1. The number of carbonyl (C=O) groups is 2. The van der Waals surface area contributed by atoms with Crippen molar-refractivity contribution in [2.75, 3.05) is 0 Å². The summed E-state index contributed by atoms with van der Waals surface area (Å²) >= 11 is 0. The molecular formula is C22H14O3. The Kier molecular flexibility index (Phi) is 3.55. The summed E-state index contributed by atoms with van der Waals surface area (Å²) in [5.74, 6) is -1.01. The molecule has 0 fully saturated rings. The van der Waals surface area contributed by atoms with Crippen molar-refractivity contribution in [2.24, 2.45) is 0 Å².